The number of carboxylic acid groups (broad SMARTS) is 2. The van der Waals surface area contributed by atoms with Crippen LogP contribution in [0.5, 0.6) is 0 Å². The zero-order valence-corrected chi connectivity index (χ0v) is 25.6. The van der Waals surface area contributed by atoms with E-state index in [1.54, 1.807) is 0 Å². The monoisotopic (exact) mass is 588 g/mol. The van der Waals surface area contributed by atoms with E-state index in [9.17, 15) is 19.8 Å². The molecule has 8 nitrogen and oxygen atoms in total. The van der Waals surface area contributed by atoms with Crippen LogP contribution in [-0.2, 0) is 16.0 Å². The van der Waals surface area contributed by atoms with Crippen molar-refractivity contribution in [1.29, 1.82) is 0 Å². The van der Waals surface area contributed by atoms with Crippen molar-refractivity contribution in [3.05, 3.63) is 69.8 Å². The van der Waals surface area contributed by atoms with Crippen LogP contribution < -0.4 is 0 Å². The van der Waals surface area contributed by atoms with E-state index in [4.69, 9.17) is 9.97 Å². The molecule has 0 saturated carbocycles. The quantitative estimate of drug-likeness (QED) is 0.296. The number of nitrogens with one attached hydrogen (secondary N) is 2. The first kappa shape index (κ1) is 28.1. The molecule has 5 rings (SSSR count). The average Bonchev–Trinajstić information content (AvgIpc) is 3.53. The molecule has 0 radical (unpaired) electrons. The fraction of sp³-hybridized carbons (Fsp3) is 0.267. The number of aryl methyl sites for hydroxylation is 3. The SMILES string of the molecule is CC1=Cc2cc3[nH]c(cc4nc(cc5[nH]c(cc1n2)c(C)c5CCC(=O)O)C(CCC(=O)O)=C4C)cc3C.[AsH3]. The third-order valence-corrected chi connectivity index (χ3v) is 7.26. The molecule has 39 heavy (non-hydrogen) atoms. The number of hydrogen-bond acceptors (Lipinski definition) is 4. The van der Waals surface area contributed by atoms with Gasteiger partial charge in [0.2, 0.25) is 0 Å². The van der Waals surface area contributed by atoms with Crippen LogP contribution in [0.1, 0.15) is 72.6 Å². The van der Waals surface area contributed by atoms with Crippen molar-refractivity contribution in [2.24, 2.45) is 0 Å². The molecule has 4 N–H and O–H groups in total. The molecule has 5 heterocycles. The predicted octanol–water partition coefficient (Wildman–Crippen LogP) is 5.12. The van der Waals surface area contributed by atoms with E-state index in [2.05, 4.69) is 16.0 Å². The molecule has 1 unspecified atom stereocenters. The van der Waals surface area contributed by atoms with E-state index >= 15 is 0 Å². The second-order valence-electron chi connectivity index (χ2n) is 9.98. The Bertz CT molecular complexity index is 1730. The van der Waals surface area contributed by atoms with Crippen molar-refractivity contribution < 1.29 is 19.8 Å². The Morgan fingerprint density at radius 2 is 1.46 bits per heavy atom. The molecule has 0 spiro atoms. The van der Waals surface area contributed by atoms with Crippen LogP contribution in [0.15, 0.2) is 30.3 Å². The van der Waals surface area contributed by atoms with Crippen molar-refractivity contribution in [2.75, 3.05) is 0 Å². The van der Waals surface area contributed by atoms with Crippen LogP contribution in [0, 0.1) is 13.8 Å². The number of carbonyl (C=O) groups is 2. The number of aromatic amines is 2. The van der Waals surface area contributed by atoms with Crippen LogP contribution in [0.4, 0.5) is 0 Å². The molecule has 2 aliphatic rings. The summed E-state index contributed by atoms with van der Waals surface area (Å²) in [6.07, 6.45) is 2.74. The number of fused-ring (bicyclic) bond motifs is 8. The third kappa shape index (κ3) is 5.76. The van der Waals surface area contributed by atoms with Gasteiger partial charge in [-0.1, -0.05) is 0 Å². The molecule has 0 aliphatic carbocycles. The Kier molecular flexibility index (Phi) is 7.98. The summed E-state index contributed by atoms with van der Waals surface area (Å²) in [7, 11) is 0. The van der Waals surface area contributed by atoms with E-state index in [1.165, 1.54) is 0 Å². The molecular weight excluding hydrogens is 555 g/mol. The average molecular weight is 589 g/mol. The third-order valence-electron chi connectivity index (χ3n) is 7.26. The summed E-state index contributed by atoms with van der Waals surface area (Å²) in [5.41, 5.74) is 12.4. The fourth-order valence-corrected chi connectivity index (χ4v) is 5.11. The van der Waals surface area contributed by atoms with Crippen LogP contribution in [0.3, 0.4) is 0 Å². The molecule has 8 bridgehead atoms. The summed E-state index contributed by atoms with van der Waals surface area (Å²) < 4.78 is 0. The van der Waals surface area contributed by atoms with E-state index in [1.807, 2.05) is 58.0 Å². The first-order chi connectivity index (χ1) is 18.1. The second-order valence-corrected chi connectivity index (χ2v) is 9.98. The second kappa shape index (κ2) is 11.1. The van der Waals surface area contributed by atoms with Crippen molar-refractivity contribution >= 4 is 74.8 Å². The van der Waals surface area contributed by atoms with Crippen molar-refractivity contribution in [2.45, 2.75) is 53.4 Å². The maximum atomic E-state index is 11.4. The van der Waals surface area contributed by atoms with Gasteiger partial charge in [0.25, 0.3) is 0 Å². The maximum absolute atomic E-state index is 11.4. The van der Waals surface area contributed by atoms with E-state index < -0.39 is 11.9 Å². The Labute approximate surface area is 237 Å². The first-order valence-corrected chi connectivity index (χ1v) is 12.6. The van der Waals surface area contributed by atoms with Crippen LogP contribution >= 0.6 is 0 Å². The summed E-state index contributed by atoms with van der Waals surface area (Å²) >= 11 is 0. The number of aliphatic carboxylic acids is 2. The number of H-pyrrole nitrogens is 2. The molecule has 0 saturated heterocycles. The van der Waals surface area contributed by atoms with Gasteiger partial charge < -0.3 is 20.2 Å². The minimum atomic E-state index is -0.868. The van der Waals surface area contributed by atoms with Crippen molar-refractivity contribution in [3.8, 4) is 0 Å². The van der Waals surface area contributed by atoms with Gasteiger partial charge in [-0.15, -0.1) is 0 Å². The van der Waals surface area contributed by atoms with Gasteiger partial charge in [-0.25, -0.2) is 9.97 Å². The number of nitrogens with zero attached hydrogens (tertiary/aromatic N) is 2. The van der Waals surface area contributed by atoms with Gasteiger partial charge in [0.05, 0.1) is 22.8 Å². The molecule has 9 heteroatoms. The molecule has 1 atom stereocenters. The van der Waals surface area contributed by atoms with Crippen LogP contribution in [-0.4, -0.2) is 60.0 Å². The first-order valence-electron chi connectivity index (χ1n) is 12.6. The van der Waals surface area contributed by atoms with Crippen molar-refractivity contribution in [1.82, 2.24) is 19.9 Å². The Balaban J connectivity index is 0.00000353. The van der Waals surface area contributed by atoms with Gasteiger partial charge in [-0.3, -0.25) is 9.59 Å². The number of aromatic nitrogens is 4. The summed E-state index contributed by atoms with van der Waals surface area (Å²) in [6.45, 7) is 8.01. The number of allylic oxidation sites excluding steroid dienone is 3. The zero-order valence-electron chi connectivity index (χ0n) is 22.6. The topological polar surface area (TPSA) is 132 Å². The summed E-state index contributed by atoms with van der Waals surface area (Å²) in [4.78, 5) is 39.5. The van der Waals surface area contributed by atoms with Crippen LogP contribution in [0.25, 0.3) is 44.9 Å². The minimum absolute atomic E-state index is 0. The van der Waals surface area contributed by atoms with Gasteiger partial charge in [0.1, 0.15) is 0 Å². The summed E-state index contributed by atoms with van der Waals surface area (Å²) in [5, 5.41) is 18.7. The molecular formula is C30H33AsN4O4. The number of carboxylic acids is 2. The number of rotatable bonds is 6. The standard InChI is InChI=1S/C30H30N4O4.AsH3/c1-15-9-20-12-25-17(3)21(5-7-29(35)36)27(33-25)14-28-22(6-8-30(37)38)18(4)26(34-28)13-24-16(2)10-19(32-24)11-23(15)31-20;/h9-14,31,34H,5-8H2,1-4H3,(H,35,36)(H,37,38);1H3. The molecule has 202 valence electrons. The molecule has 0 amide bonds. The Hall–Kier alpha value is -3.90. The summed E-state index contributed by atoms with van der Waals surface area (Å²) in [5.74, 6) is -1.73. The van der Waals surface area contributed by atoms with Gasteiger partial charge in [-0.2, -0.15) is 0 Å². The van der Waals surface area contributed by atoms with E-state index in [0.717, 1.165) is 72.6 Å². The van der Waals surface area contributed by atoms with Gasteiger partial charge in [-0.05, 0) is 110 Å². The molecule has 2 aliphatic heterocycles. The predicted molar refractivity (Wildman–Crippen MR) is 159 cm³/mol. The van der Waals surface area contributed by atoms with Crippen LogP contribution in [0.2, 0.25) is 0 Å². The van der Waals surface area contributed by atoms with Crippen molar-refractivity contribution in [3.63, 3.8) is 0 Å². The molecule has 3 aromatic rings. The van der Waals surface area contributed by atoms with E-state index in [-0.39, 0.29) is 30.8 Å². The Morgan fingerprint density at radius 1 is 0.769 bits per heavy atom. The molecule has 0 fully saturated rings. The Morgan fingerprint density at radius 3 is 2.18 bits per heavy atom. The zero-order chi connectivity index (χ0) is 27.1. The van der Waals surface area contributed by atoms with Gasteiger partial charge >= 0.3 is 29.9 Å². The van der Waals surface area contributed by atoms with E-state index in [0.29, 0.717) is 18.5 Å². The molecule has 3 aromatic heterocycles. The summed E-state index contributed by atoms with van der Waals surface area (Å²) in [6, 6.07) is 9.98. The van der Waals surface area contributed by atoms with Gasteiger partial charge in [0.15, 0.2) is 0 Å². The number of hydrogen-bond donors (Lipinski definition) is 4. The van der Waals surface area contributed by atoms with Gasteiger partial charge in [0, 0.05) is 34.9 Å². The molecule has 0 aromatic carbocycles. The fourth-order valence-electron chi connectivity index (χ4n) is 5.11. The normalized spacial score (nSPS) is 12.8.